The second-order valence-corrected chi connectivity index (χ2v) is 5.63. The largest absolute Gasteiger partial charge is 0.378 e. The molecule has 5 unspecified atom stereocenters. The summed E-state index contributed by atoms with van der Waals surface area (Å²) in [4.78, 5) is 12.1. The van der Waals surface area contributed by atoms with E-state index in [4.69, 9.17) is 4.74 Å². The van der Waals surface area contributed by atoms with E-state index in [9.17, 15) is 4.79 Å². The lowest BCUT2D eigenvalue weighted by Gasteiger charge is -2.35. The molecule has 4 heteroatoms. The Balaban J connectivity index is 1.82. The molecule has 0 aromatic carbocycles. The Morgan fingerprint density at radius 2 is 2.06 bits per heavy atom. The number of carbonyl (C=O) groups excluding carboxylic acids is 1. The number of carbonyl (C=O) groups is 1. The van der Waals surface area contributed by atoms with Gasteiger partial charge in [0.1, 0.15) is 0 Å². The number of amides is 1. The average molecular weight is 240 g/mol. The highest BCUT2D eigenvalue weighted by atomic mass is 16.5. The molecule has 0 aromatic heterocycles. The fourth-order valence-electron chi connectivity index (χ4n) is 2.83. The first-order valence-electron chi connectivity index (χ1n) is 6.74. The molecule has 0 aromatic rings. The molecule has 0 saturated carbocycles. The van der Waals surface area contributed by atoms with E-state index in [2.05, 4.69) is 24.5 Å². The van der Waals surface area contributed by atoms with Gasteiger partial charge in [0, 0.05) is 18.1 Å². The summed E-state index contributed by atoms with van der Waals surface area (Å²) in [7, 11) is 0. The van der Waals surface area contributed by atoms with Crippen LogP contribution in [-0.4, -0.2) is 36.7 Å². The van der Waals surface area contributed by atoms with Gasteiger partial charge in [-0.15, -0.1) is 0 Å². The highest BCUT2D eigenvalue weighted by molar-refractivity contribution is 5.79. The van der Waals surface area contributed by atoms with Crippen LogP contribution in [0.4, 0.5) is 0 Å². The predicted octanol–water partition coefficient (Wildman–Crippen LogP) is 1.06. The standard InChI is InChI=1S/C13H24N2O2/c1-8-4-5-12(10(3)14-8)15-13(16)11-6-9(2)17-7-11/h8-12,14H,4-7H2,1-3H3,(H,15,16). The fraction of sp³-hybridized carbons (Fsp3) is 0.923. The zero-order valence-corrected chi connectivity index (χ0v) is 11.0. The van der Waals surface area contributed by atoms with Gasteiger partial charge in [0.25, 0.3) is 0 Å². The Bertz CT molecular complexity index is 283. The molecule has 2 rings (SSSR count). The highest BCUT2D eigenvalue weighted by Gasteiger charge is 2.32. The predicted molar refractivity (Wildman–Crippen MR) is 66.7 cm³/mol. The zero-order valence-electron chi connectivity index (χ0n) is 11.0. The minimum absolute atomic E-state index is 0.0524. The lowest BCUT2D eigenvalue weighted by Crippen LogP contribution is -2.55. The molecule has 0 spiro atoms. The van der Waals surface area contributed by atoms with Crippen molar-refractivity contribution in [2.45, 2.75) is 64.3 Å². The third kappa shape index (κ3) is 3.19. The molecule has 5 atom stereocenters. The van der Waals surface area contributed by atoms with E-state index in [-0.39, 0.29) is 24.0 Å². The molecule has 2 heterocycles. The molecule has 2 aliphatic heterocycles. The van der Waals surface area contributed by atoms with E-state index >= 15 is 0 Å². The molecule has 17 heavy (non-hydrogen) atoms. The van der Waals surface area contributed by atoms with Gasteiger partial charge in [0.15, 0.2) is 0 Å². The van der Waals surface area contributed by atoms with Crippen LogP contribution >= 0.6 is 0 Å². The van der Waals surface area contributed by atoms with Crippen molar-refractivity contribution in [2.75, 3.05) is 6.61 Å². The minimum atomic E-state index is 0.0524. The summed E-state index contributed by atoms with van der Waals surface area (Å²) in [6.07, 6.45) is 3.29. The van der Waals surface area contributed by atoms with E-state index in [1.54, 1.807) is 0 Å². The van der Waals surface area contributed by atoms with Crippen molar-refractivity contribution in [1.29, 1.82) is 0 Å². The van der Waals surface area contributed by atoms with Crippen molar-refractivity contribution in [3.05, 3.63) is 0 Å². The van der Waals surface area contributed by atoms with Gasteiger partial charge in [0.05, 0.1) is 18.6 Å². The van der Waals surface area contributed by atoms with Crippen LogP contribution in [0.3, 0.4) is 0 Å². The van der Waals surface area contributed by atoms with Crippen LogP contribution in [0.2, 0.25) is 0 Å². The van der Waals surface area contributed by atoms with Crippen LogP contribution in [0.1, 0.15) is 40.0 Å². The van der Waals surface area contributed by atoms with Crippen LogP contribution in [0.15, 0.2) is 0 Å². The number of hydrogen-bond acceptors (Lipinski definition) is 3. The summed E-state index contributed by atoms with van der Waals surface area (Å²) in [5.41, 5.74) is 0. The van der Waals surface area contributed by atoms with E-state index in [0.29, 0.717) is 18.7 Å². The van der Waals surface area contributed by atoms with Gasteiger partial charge in [-0.05, 0) is 40.0 Å². The van der Waals surface area contributed by atoms with Gasteiger partial charge >= 0.3 is 0 Å². The Morgan fingerprint density at radius 3 is 2.65 bits per heavy atom. The van der Waals surface area contributed by atoms with Gasteiger partial charge < -0.3 is 15.4 Å². The number of nitrogens with one attached hydrogen (secondary N) is 2. The maximum absolute atomic E-state index is 12.1. The van der Waals surface area contributed by atoms with Crippen molar-refractivity contribution >= 4 is 5.91 Å². The third-order valence-electron chi connectivity index (χ3n) is 3.96. The van der Waals surface area contributed by atoms with Crippen LogP contribution in [0, 0.1) is 5.92 Å². The van der Waals surface area contributed by atoms with E-state index < -0.39 is 0 Å². The van der Waals surface area contributed by atoms with E-state index in [0.717, 1.165) is 19.3 Å². The van der Waals surface area contributed by atoms with Crippen LogP contribution in [0.25, 0.3) is 0 Å². The monoisotopic (exact) mass is 240 g/mol. The molecule has 0 bridgehead atoms. The number of hydrogen-bond donors (Lipinski definition) is 2. The molecule has 2 saturated heterocycles. The van der Waals surface area contributed by atoms with Crippen molar-refractivity contribution in [2.24, 2.45) is 5.92 Å². The van der Waals surface area contributed by atoms with Crippen LogP contribution < -0.4 is 10.6 Å². The van der Waals surface area contributed by atoms with Crippen LogP contribution in [0.5, 0.6) is 0 Å². The first-order chi connectivity index (χ1) is 8.06. The molecule has 2 N–H and O–H groups in total. The van der Waals surface area contributed by atoms with Gasteiger partial charge in [-0.1, -0.05) is 0 Å². The lowest BCUT2D eigenvalue weighted by molar-refractivity contribution is -0.126. The number of ether oxygens (including phenoxy) is 1. The molecule has 2 fully saturated rings. The van der Waals surface area contributed by atoms with Gasteiger partial charge in [-0.2, -0.15) is 0 Å². The van der Waals surface area contributed by atoms with E-state index in [1.807, 2.05) is 6.92 Å². The lowest BCUT2D eigenvalue weighted by atomic mass is 9.94. The number of piperidine rings is 1. The van der Waals surface area contributed by atoms with Gasteiger partial charge in [-0.3, -0.25) is 4.79 Å². The van der Waals surface area contributed by atoms with Crippen molar-refractivity contribution < 1.29 is 9.53 Å². The highest BCUT2D eigenvalue weighted by Crippen LogP contribution is 2.20. The molecular formula is C13H24N2O2. The normalized spacial score (nSPS) is 42.4. The zero-order chi connectivity index (χ0) is 12.4. The van der Waals surface area contributed by atoms with Gasteiger partial charge in [0.2, 0.25) is 5.91 Å². The third-order valence-corrected chi connectivity index (χ3v) is 3.96. The average Bonchev–Trinajstić information content (AvgIpc) is 2.69. The van der Waals surface area contributed by atoms with Crippen molar-refractivity contribution in [3.63, 3.8) is 0 Å². The molecule has 1 amide bonds. The molecule has 0 aliphatic carbocycles. The molecular weight excluding hydrogens is 216 g/mol. The Kier molecular flexibility index (Phi) is 4.05. The Labute approximate surface area is 103 Å². The summed E-state index contributed by atoms with van der Waals surface area (Å²) in [6, 6.07) is 1.20. The summed E-state index contributed by atoms with van der Waals surface area (Å²) in [6.45, 7) is 6.95. The second kappa shape index (κ2) is 5.36. The minimum Gasteiger partial charge on any atom is -0.378 e. The summed E-state index contributed by atoms with van der Waals surface area (Å²) in [5.74, 6) is 0.221. The summed E-state index contributed by atoms with van der Waals surface area (Å²) >= 11 is 0. The quantitative estimate of drug-likeness (QED) is 0.759. The SMILES string of the molecule is CC1CCC(NC(=O)C2COC(C)C2)C(C)N1. The summed E-state index contributed by atoms with van der Waals surface area (Å²) in [5, 5.41) is 6.66. The maximum atomic E-state index is 12.1. The molecule has 98 valence electrons. The summed E-state index contributed by atoms with van der Waals surface area (Å²) < 4.78 is 5.44. The van der Waals surface area contributed by atoms with Crippen molar-refractivity contribution in [3.8, 4) is 0 Å². The fourth-order valence-corrected chi connectivity index (χ4v) is 2.83. The Morgan fingerprint density at radius 1 is 1.29 bits per heavy atom. The van der Waals surface area contributed by atoms with Crippen LogP contribution in [-0.2, 0) is 9.53 Å². The first-order valence-corrected chi connectivity index (χ1v) is 6.74. The van der Waals surface area contributed by atoms with Crippen molar-refractivity contribution in [1.82, 2.24) is 10.6 Å². The topological polar surface area (TPSA) is 50.4 Å². The van der Waals surface area contributed by atoms with Gasteiger partial charge in [-0.25, -0.2) is 0 Å². The molecule has 0 radical (unpaired) electrons. The second-order valence-electron chi connectivity index (χ2n) is 5.63. The van der Waals surface area contributed by atoms with E-state index in [1.165, 1.54) is 0 Å². The smallest absolute Gasteiger partial charge is 0.225 e. The first kappa shape index (κ1) is 12.8. The molecule has 4 nitrogen and oxygen atoms in total. The molecule has 2 aliphatic rings. The number of rotatable bonds is 2. The Hall–Kier alpha value is -0.610. The maximum Gasteiger partial charge on any atom is 0.225 e.